The van der Waals surface area contributed by atoms with Crippen LogP contribution in [0.15, 0.2) is 12.4 Å². The number of aromatic nitrogens is 2. The number of carbonyl (C=O) groups excluding carboxylic acids is 2. The molecule has 0 bridgehead atoms. The van der Waals surface area contributed by atoms with Crippen LogP contribution in [0.3, 0.4) is 0 Å². The van der Waals surface area contributed by atoms with Gasteiger partial charge < -0.3 is 11.1 Å². The topological polar surface area (TPSA) is 93.3 Å². The lowest BCUT2D eigenvalue weighted by atomic mass is 10.0. The number of hydrogen-bond acceptors (Lipinski definition) is 4. The predicted octanol–water partition coefficient (Wildman–Crippen LogP) is 0.318. The average Bonchev–Trinajstić information content (AvgIpc) is 2.90. The van der Waals surface area contributed by atoms with Gasteiger partial charge in [0.15, 0.2) is 0 Å². The minimum absolute atomic E-state index is 0.0937. The van der Waals surface area contributed by atoms with E-state index in [9.17, 15) is 9.59 Å². The van der Waals surface area contributed by atoms with Crippen molar-refractivity contribution < 1.29 is 9.59 Å². The van der Waals surface area contributed by atoms with Crippen molar-refractivity contribution in [3.8, 4) is 0 Å². The number of piperidine rings is 1. The fourth-order valence-electron chi connectivity index (χ4n) is 2.53. The van der Waals surface area contributed by atoms with E-state index in [2.05, 4.69) is 10.4 Å². The Morgan fingerprint density at radius 2 is 2.00 bits per heavy atom. The van der Waals surface area contributed by atoms with Crippen molar-refractivity contribution >= 4 is 11.8 Å². The van der Waals surface area contributed by atoms with Crippen LogP contribution >= 0.6 is 0 Å². The van der Waals surface area contributed by atoms with E-state index < -0.39 is 0 Å². The first-order valence-electron chi connectivity index (χ1n) is 7.62. The Hall–Kier alpha value is -1.89. The maximum absolute atomic E-state index is 12.3. The number of nitrogens with one attached hydrogen (secondary N) is 1. The summed E-state index contributed by atoms with van der Waals surface area (Å²) in [5.41, 5.74) is 5.63. The summed E-state index contributed by atoms with van der Waals surface area (Å²) in [5.74, 6) is -0.402. The van der Waals surface area contributed by atoms with E-state index in [4.69, 9.17) is 5.73 Å². The van der Waals surface area contributed by atoms with Gasteiger partial charge in [-0.15, -0.1) is 0 Å². The van der Waals surface area contributed by atoms with Crippen molar-refractivity contribution in [1.82, 2.24) is 20.0 Å². The Morgan fingerprint density at radius 3 is 2.50 bits per heavy atom. The van der Waals surface area contributed by atoms with Crippen molar-refractivity contribution in [3.05, 3.63) is 18.0 Å². The summed E-state index contributed by atoms with van der Waals surface area (Å²) < 4.78 is 1.79. The van der Waals surface area contributed by atoms with E-state index in [0.29, 0.717) is 12.1 Å². The molecule has 0 unspecified atom stereocenters. The fourth-order valence-corrected chi connectivity index (χ4v) is 2.53. The van der Waals surface area contributed by atoms with Gasteiger partial charge in [0.2, 0.25) is 5.91 Å². The maximum Gasteiger partial charge on any atom is 0.254 e. The summed E-state index contributed by atoms with van der Waals surface area (Å²) in [5, 5.41) is 7.28. The van der Waals surface area contributed by atoms with Crippen LogP contribution in [0.2, 0.25) is 0 Å². The number of hydrogen-bond donors (Lipinski definition) is 2. The molecule has 3 N–H and O–H groups in total. The third kappa shape index (κ3) is 4.30. The molecule has 0 atom stereocenters. The van der Waals surface area contributed by atoms with Gasteiger partial charge in [-0.3, -0.25) is 19.2 Å². The van der Waals surface area contributed by atoms with Crippen LogP contribution in [0.5, 0.6) is 0 Å². The van der Waals surface area contributed by atoms with Crippen molar-refractivity contribution in [1.29, 1.82) is 0 Å². The third-order valence-electron chi connectivity index (χ3n) is 3.83. The standard InChI is InChI=1S/C15H25N5O2/c1-15(2,3)20-9-11(8-17-20)14(22)18-12-4-6-19(7-5-12)10-13(16)21/h8-9,12H,4-7,10H2,1-3H3,(H2,16,21)(H,18,22). The van der Waals surface area contributed by atoms with Crippen molar-refractivity contribution in [2.45, 2.75) is 45.2 Å². The number of likely N-dealkylation sites (tertiary alicyclic amines) is 1. The van der Waals surface area contributed by atoms with E-state index in [0.717, 1.165) is 25.9 Å². The molecule has 0 saturated carbocycles. The second-order valence-electron chi connectivity index (χ2n) is 6.83. The fraction of sp³-hybridized carbons (Fsp3) is 0.667. The third-order valence-corrected chi connectivity index (χ3v) is 3.83. The lowest BCUT2D eigenvalue weighted by Gasteiger charge is -2.31. The number of rotatable bonds is 4. The number of primary amides is 1. The lowest BCUT2D eigenvalue weighted by Crippen LogP contribution is -2.46. The summed E-state index contributed by atoms with van der Waals surface area (Å²) in [6, 6.07) is 0.134. The monoisotopic (exact) mass is 307 g/mol. The van der Waals surface area contributed by atoms with Gasteiger partial charge in [0.1, 0.15) is 0 Å². The maximum atomic E-state index is 12.3. The van der Waals surface area contributed by atoms with Gasteiger partial charge >= 0.3 is 0 Å². The molecular weight excluding hydrogens is 282 g/mol. The minimum Gasteiger partial charge on any atom is -0.369 e. The Kier molecular flexibility index (Phi) is 4.85. The van der Waals surface area contributed by atoms with E-state index in [1.807, 2.05) is 25.7 Å². The smallest absolute Gasteiger partial charge is 0.254 e. The van der Waals surface area contributed by atoms with Crippen molar-refractivity contribution in [3.63, 3.8) is 0 Å². The predicted molar refractivity (Wildman–Crippen MR) is 83.3 cm³/mol. The van der Waals surface area contributed by atoms with Crippen molar-refractivity contribution in [2.24, 2.45) is 5.73 Å². The molecule has 1 aliphatic heterocycles. The van der Waals surface area contributed by atoms with Gasteiger partial charge in [-0.25, -0.2) is 0 Å². The highest BCUT2D eigenvalue weighted by Crippen LogP contribution is 2.14. The Balaban J connectivity index is 1.86. The van der Waals surface area contributed by atoms with Crippen LogP contribution in [0, 0.1) is 0 Å². The molecule has 0 aromatic carbocycles. The molecule has 1 fully saturated rings. The van der Waals surface area contributed by atoms with E-state index in [-0.39, 0.29) is 23.4 Å². The Morgan fingerprint density at radius 1 is 1.36 bits per heavy atom. The average molecular weight is 307 g/mol. The summed E-state index contributed by atoms with van der Waals surface area (Å²) in [6.07, 6.45) is 5.03. The molecule has 1 aliphatic rings. The second-order valence-corrected chi connectivity index (χ2v) is 6.83. The molecule has 2 amide bonds. The van der Waals surface area contributed by atoms with Crippen LogP contribution in [0.25, 0.3) is 0 Å². The minimum atomic E-state index is -0.308. The van der Waals surface area contributed by atoms with Crippen LogP contribution in [-0.2, 0) is 10.3 Å². The van der Waals surface area contributed by atoms with Gasteiger partial charge in [-0.2, -0.15) is 5.10 Å². The first-order valence-corrected chi connectivity index (χ1v) is 7.62. The molecule has 2 rings (SSSR count). The molecule has 1 aromatic rings. The molecule has 1 saturated heterocycles. The van der Waals surface area contributed by atoms with Gasteiger partial charge in [-0.05, 0) is 33.6 Å². The summed E-state index contributed by atoms with van der Waals surface area (Å²) >= 11 is 0. The molecule has 122 valence electrons. The van der Waals surface area contributed by atoms with Crippen LogP contribution in [-0.4, -0.2) is 52.2 Å². The number of nitrogens with zero attached hydrogens (tertiary/aromatic N) is 3. The van der Waals surface area contributed by atoms with E-state index in [1.165, 1.54) is 0 Å². The largest absolute Gasteiger partial charge is 0.369 e. The number of carbonyl (C=O) groups is 2. The van der Waals surface area contributed by atoms with Crippen molar-refractivity contribution in [2.75, 3.05) is 19.6 Å². The number of nitrogens with two attached hydrogens (primary N) is 1. The lowest BCUT2D eigenvalue weighted by molar-refractivity contribution is -0.119. The SMILES string of the molecule is CC(C)(C)n1cc(C(=O)NC2CCN(CC(N)=O)CC2)cn1. The van der Waals surface area contributed by atoms with Crippen LogP contribution in [0.1, 0.15) is 44.0 Å². The number of amides is 2. The van der Waals surface area contributed by atoms with E-state index in [1.54, 1.807) is 17.1 Å². The molecule has 7 nitrogen and oxygen atoms in total. The first kappa shape index (κ1) is 16.5. The van der Waals surface area contributed by atoms with Gasteiger partial charge in [0.25, 0.3) is 5.91 Å². The highest BCUT2D eigenvalue weighted by molar-refractivity contribution is 5.93. The first-order chi connectivity index (χ1) is 10.3. The molecule has 0 radical (unpaired) electrons. The van der Waals surface area contributed by atoms with Gasteiger partial charge in [-0.1, -0.05) is 0 Å². The second kappa shape index (κ2) is 6.48. The Labute approximate surface area is 130 Å². The Bertz CT molecular complexity index is 538. The zero-order chi connectivity index (χ0) is 16.3. The highest BCUT2D eigenvalue weighted by atomic mass is 16.2. The summed E-state index contributed by atoms with van der Waals surface area (Å²) in [6.45, 7) is 7.95. The van der Waals surface area contributed by atoms with E-state index >= 15 is 0 Å². The van der Waals surface area contributed by atoms with Crippen LogP contribution in [0.4, 0.5) is 0 Å². The van der Waals surface area contributed by atoms with Gasteiger partial charge in [0, 0.05) is 25.3 Å². The molecule has 7 heteroatoms. The zero-order valence-electron chi connectivity index (χ0n) is 13.5. The molecule has 22 heavy (non-hydrogen) atoms. The normalized spacial score (nSPS) is 17.4. The van der Waals surface area contributed by atoms with Gasteiger partial charge in [0.05, 0.1) is 23.8 Å². The quantitative estimate of drug-likeness (QED) is 0.837. The highest BCUT2D eigenvalue weighted by Gasteiger charge is 2.23. The zero-order valence-corrected chi connectivity index (χ0v) is 13.5. The van der Waals surface area contributed by atoms with Crippen LogP contribution < -0.4 is 11.1 Å². The molecule has 2 heterocycles. The molecule has 0 aliphatic carbocycles. The summed E-state index contributed by atoms with van der Waals surface area (Å²) in [4.78, 5) is 25.2. The molecule has 1 aromatic heterocycles. The summed E-state index contributed by atoms with van der Waals surface area (Å²) in [7, 11) is 0. The molecule has 0 spiro atoms. The molecular formula is C15H25N5O2.